The van der Waals surface area contributed by atoms with Crippen molar-refractivity contribution in [1.82, 2.24) is 9.88 Å². The Labute approximate surface area is 146 Å². The lowest BCUT2D eigenvalue weighted by Gasteiger charge is -2.36. The van der Waals surface area contributed by atoms with Crippen molar-refractivity contribution in [2.45, 2.75) is 18.3 Å². The molecule has 0 radical (unpaired) electrons. The number of nitrogens with zero attached hydrogens (tertiary/aromatic N) is 2. The average Bonchev–Trinajstić information content (AvgIpc) is 2.63. The maximum Gasteiger partial charge on any atom is 0.224 e. The minimum absolute atomic E-state index is 0.0931. The maximum absolute atomic E-state index is 12.6. The van der Waals surface area contributed by atoms with Crippen molar-refractivity contribution >= 4 is 17.7 Å². The molecule has 0 bridgehead atoms. The van der Waals surface area contributed by atoms with E-state index in [0.29, 0.717) is 13.0 Å². The molecule has 24 heavy (non-hydrogen) atoms. The average molecular weight is 344 g/mol. The number of thioether (sulfide) groups is 1. The van der Waals surface area contributed by atoms with Gasteiger partial charge in [0, 0.05) is 36.7 Å². The molecule has 6 heteroatoms. The van der Waals surface area contributed by atoms with Gasteiger partial charge in [0.2, 0.25) is 5.91 Å². The Balaban J connectivity index is 1.95. The molecule has 1 aliphatic heterocycles. The van der Waals surface area contributed by atoms with Crippen LogP contribution in [0, 0.1) is 0 Å². The van der Waals surface area contributed by atoms with Crippen LogP contribution >= 0.6 is 11.8 Å². The second kappa shape index (κ2) is 7.57. The molecular weight excluding hydrogens is 324 g/mol. The number of carbonyl (C=O) groups is 1. The third-order valence-electron chi connectivity index (χ3n) is 4.00. The summed E-state index contributed by atoms with van der Waals surface area (Å²) in [5.74, 6) is 2.48. The van der Waals surface area contributed by atoms with Gasteiger partial charge in [-0.25, -0.2) is 0 Å². The van der Waals surface area contributed by atoms with Crippen LogP contribution < -0.4 is 9.47 Å². The zero-order chi connectivity index (χ0) is 16.9. The molecule has 0 saturated carbocycles. The molecule has 1 atom stereocenters. The summed E-state index contributed by atoms with van der Waals surface area (Å²) >= 11 is 1.75. The van der Waals surface area contributed by atoms with Crippen LogP contribution in [0.4, 0.5) is 0 Å². The van der Waals surface area contributed by atoms with Gasteiger partial charge in [0.1, 0.15) is 16.9 Å². The van der Waals surface area contributed by atoms with Crippen LogP contribution in [-0.4, -0.2) is 35.8 Å². The smallest absolute Gasteiger partial charge is 0.224 e. The summed E-state index contributed by atoms with van der Waals surface area (Å²) in [6.45, 7) is 0.555. The molecule has 1 aromatic heterocycles. The number of rotatable bonds is 5. The van der Waals surface area contributed by atoms with Crippen LogP contribution in [-0.2, 0) is 11.3 Å². The Kier molecular flexibility index (Phi) is 5.25. The SMILES string of the molecule is COc1ccc(OC)c(C2SCCC(=O)N2Cc2ccncc2)c1. The van der Waals surface area contributed by atoms with Crippen molar-refractivity contribution in [1.29, 1.82) is 0 Å². The normalized spacial score (nSPS) is 17.7. The van der Waals surface area contributed by atoms with Gasteiger partial charge in [-0.1, -0.05) is 0 Å². The predicted molar refractivity (Wildman–Crippen MR) is 94.1 cm³/mol. The van der Waals surface area contributed by atoms with Crippen LogP contribution in [0.2, 0.25) is 0 Å². The number of amides is 1. The Bertz CT molecular complexity index is 709. The molecule has 2 heterocycles. The van der Waals surface area contributed by atoms with E-state index in [2.05, 4.69) is 4.98 Å². The second-order valence-corrected chi connectivity index (χ2v) is 6.65. The quantitative estimate of drug-likeness (QED) is 0.833. The fourth-order valence-corrected chi connectivity index (χ4v) is 4.02. The Hall–Kier alpha value is -2.21. The van der Waals surface area contributed by atoms with Gasteiger partial charge in [-0.3, -0.25) is 9.78 Å². The molecule has 3 rings (SSSR count). The van der Waals surface area contributed by atoms with Gasteiger partial charge < -0.3 is 14.4 Å². The summed E-state index contributed by atoms with van der Waals surface area (Å²) in [6.07, 6.45) is 4.05. The van der Waals surface area contributed by atoms with Gasteiger partial charge in [0.05, 0.1) is 14.2 Å². The number of hydrogen-bond acceptors (Lipinski definition) is 5. The lowest BCUT2D eigenvalue weighted by atomic mass is 10.1. The van der Waals surface area contributed by atoms with Crippen molar-refractivity contribution in [3.63, 3.8) is 0 Å². The van der Waals surface area contributed by atoms with Crippen molar-refractivity contribution < 1.29 is 14.3 Å². The van der Waals surface area contributed by atoms with Crippen molar-refractivity contribution in [3.05, 3.63) is 53.9 Å². The minimum atomic E-state index is -0.0931. The number of benzene rings is 1. The maximum atomic E-state index is 12.6. The third kappa shape index (κ3) is 3.48. The van der Waals surface area contributed by atoms with Crippen LogP contribution in [0.1, 0.15) is 22.9 Å². The van der Waals surface area contributed by atoms with Crippen molar-refractivity contribution in [2.24, 2.45) is 0 Å². The van der Waals surface area contributed by atoms with Crippen LogP contribution in [0.3, 0.4) is 0 Å². The highest BCUT2D eigenvalue weighted by molar-refractivity contribution is 7.99. The summed E-state index contributed by atoms with van der Waals surface area (Å²) in [5.41, 5.74) is 2.02. The second-order valence-electron chi connectivity index (χ2n) is 5.46. The molecule has 0 N–H and O–H groups in total. The minimum Gasteiger partial charge on any atom is -0.497 e. The topological polar surface area (TPSA) is 51.7 Å². The van der Waals surface area contributed by atoms with Gasteiger partial charge >= 0.3 is 0 Å². The van der Waals surface area contributed by atoms with Gasteiger partial charge in [0.15, 0.2) is 0 Å². The predicted octanol–water partition coefficient (Wildman–Crippen LogP) is 3.26. The lowest BCUT2D eigenvalue weighted by Crippen LogP contribution is -2.36. The van der Waals surface area contributed by atoms with E-state index < -0.39 is 0 Å². The zero-order valence-corrected chi connectivity index (χ0v) is 14.6. The van der Waals surface area contributed by atoms with Crippen LogP contribution in [0.25, 0.3) is 0 Å². The molecule has 0 aliphatic carbocycles. The summed E-state index contributed by atoms with van der Waals surface area (Å²) in [4.78, 5) is 18.5. The van der Waals surface area contributed by atoms with Gasteiger partial charge in [-0.05, 0) is 35.9 Å². The third-order valence-corrected chi connectivity index (χ3v) is 5.26. The largest absolute Gasteiger partial charge is 0.497 e. The molecule has 1 amide bonds. The zero-order valence-electron chi connectivity index (χ0n) is 13.8. The monoisotopic (exact) mass is 344 g/mol. The van der Waals surface area contributed by atoms with Gasteiger partial charge in [-0.2, -0.15) is 0 Å². The first-order valence-electron chi connectivity index (χ1n) is 7.75. The number of methoxy groups -OCH3 is 2. The highest BCUT2D eigenvalue weighted by Crippen LogP contribution is 2.43. The van der Waals surface area contributed by atoms with E-state index in [9.17, 15) is 4.79 Å². The fourth-order valence-electron chi connectivity index (χ4n) is 2.77. The highest BCUT2D eigenvalue weighted by Gasteiger charge is 2.32. The Morgan fingerprint density at radius 1 is 1.21 bits per heavy atom. The van der Waals surface area contributed by atoms with E-state index in [0.717, 1.165) is 28.4 Å². The molecule has 1 unspecified atom stereocenters. The van der Waals surface area contributed by atoms with Crippen LogP contribution in [0.5, 0.6) is 11.5 Å². The first-order chi connectivity index (χ1) is 11.7. The summed E-state index contributed by atoms with van der Waals surface area (Å²) in [6, 6.07) is 9.58. The molecule has 1 aliphatic rings. The molecule has 1 aromatic carbocycles. The molecule has 126 valence electrons. The lowest BCUT2D eigenvalue weighted by molar-refractivity contribution is -0.132. The Morgan fingerprint density at radius 2 is 2.00 bits per heavy atom. The summed E-state index contributed by atoms with van der Waals surface area (Å²) in [7, 11) is 3.29. The van der Waals surface area contributed by atoms with Gasteiger partial charge in [-0.15, -0.1) is 11.8 Å². The van der Waals surface area contributed by atoms with E-state index in [1.54, 1.807) is 38.4 Å². The summed E-state index contributed by atoms with van der Waals surface area (Å²) in [5, 5.41) is -0.0931. The van der Waals surface area contributed by atoms with E-state index in [4.69, 9.17) is 9.47 Å². The standard InChI is InChI=1S/C18H20N2O3S/c1-22-14-3-4-16(23-2)15(11-14)18-20(17(21)7-10-24-18)12-13-5-8-19-9-6-13/h3-6,8-9,11,18H,7,10,12H2,1-2H3. The molecule has 0 spiro atoms. The van der Waals surface area contributed by atoms with E-state index in [-0.39, 0.29) is 11.3 Å². The Morgan fingerprint density at radius 3 is 2.71 bits per heavy atom. The van der Waals surface area contributed by atoms with E-state index in [1.807, 2.05) is 35.2 Å². The number of ether oxygens (including phenoxy) is 2. The first-order valence-corrected chi connectivity index (χ1v) is 8.79. The first kappa shape index (κ1) is 16.6. The molecule has 1 fully saturated rings. The molecule has 2 aromatic rings. The number of carbonyl (C=O) groups excluding carboxylic acids is 1. The molecule has 1 saturated heterocycles. The fraction of sp³-hybridized carbons (Fsp3) is 0.333. The summed E-state index contributed by atoms with van der Waals surface area (Å²) < 4.78 is 10.9. The van der Waals surface area contributed by atoms with E-state index >= 15 is 0 Å². The number of hydrogen-bond donors (Lipinski definition) is 0. The number of pyridine rings is 1. The molecule has 5 nitrogen and oxygen atoms in total. The number of aromatic nitrogens is 1. The van der Waals surface area contributed by atoms with Crippen molar-refractivity contribution in [3.8, 4) is 11.5 Å². The van der Waals surface area contributed by atoms with Crippen molar-refractivity contribution in [2.75, 3.05) is 20.0 Å². The molecular formula is C18H20N2O3S. The van der Waals surface area contributed by atoms with Gasteiger partial charge in [0.25, 0.3) is 0 Å². The van der Waals surface area contributed by atoms with E-state index in [1.165, 1.54) is 0 Å². The van der Waals surface area contributed by atoms with Crippen LogP contribution in [0.15, 0.2) is 42.7 Å². The highest BCUT2D eigenvalue weighted by atomic mass is 32.2.